The zero-order chi connectivity index (χ0) is 14.4. The molecule has 0 bridgehead atoms. The first-order chi connectivity index (χ1) is 9.69. The highest BCUT2D eigenvalue weighted by atomic mass is 35.5. The zero-order valence-corrected chi connectivity index (χ0v) is 14.2. The molecule has 1 aromatic carbocycles. The molecule has 3 heteroatoms. The van der Waals surface area contributed by atoms with Crippen LogP contribution in [0.1, 0.15) is 57.1 Å². The fraction of sp³-hybridized carbons (Fsp3) is 0.647. The van der Waals surface area contributed by atoms with E-state index in [1.807, 2.05) is 12.1 Å². The predicted octanol–water partition coefficient (Wildman–Crippen LogP) is 5.45. The summed E-state index contributed by atoms with van der Waals surface area (Å²) in [5.74, 6) is 0. The van der Waals surface area contributed by atoms with Gasteiger partial charge >= 0.3 is 0 Å². The van der Waals surface area contributed by atoms with Crippen LogP contribution in [0.25, 0.3) is 0 Å². The molecule has 1 N–H and O–H groups in total. The molecule has 1 saturated carbocycles. The molecule has 0 saturated heterocycles. The molecule has 0 aliphatic heterocycles. The first-order valence-electron chi connectivity index (χ1n) is 7.73. The van der Waals surface area contributed by atoms with Crippen LogP contribution in [0.2, 0.25) is 5.02 Å². The number of rotatable bonds is 7. The van der Waals surface area contributed by atoms with Crippen molar-refractivity contribution in [3.05, 3.63) is 34.9 Å². The third-order valence-electron chi connectivity index (χ3n) is 4.47. The third-order valence-corrected chi connectivity index (χ3v) is 6.14. The largest absolute Gasteiger partial charge is 0.309 e. The van der Waals surface area contributed by atoms with Crippen LogP contribution >= 0.6 is 23.4 Å². The van der Waals surface area contributed by atoms with E-state index in [9.17, 15) is 0 Å². The molecule has 1 unspecified atom stereocenters. The smallest absolute Gasteiger partial charge is 0.0406 e. The van der Waals surface area contributed by atoms with Crippen molar-refractivity contribution in [1.29, 1.82) is 0 Å². The maximum Gasteiger partial charge on any atom is 0.0406 e. The summed E-state index contributed by atoms with van der Waals surface area (Å²) >= 11 is 8.05. The Bertz CT molecular complexity index is 398. The van der Waals surface area contributed by atoms with Crippen LogP contribution in [0.4, 0.5) is 0 Å². The summed E-state index contributed by atoms with van der Waals surface area (Å²) < 4.78 is 0.471. The Labute approximate surface area is 132 Å². The number of nitrogens with one attached hydrogen (secondary N) is 1. The van der Waals surface area contributed by atoms with Crippen molar-refractivity contribution in [3.63, 3.8) is 0 Å². The molecule has 0 heterocycles. The van der Waals surface area contributed by atoms with Crippen molar-refractivity contribution in [2.45, 2.75) is 56.2 Å². The van der Waals surface area contributed by atoms with Gasteiger partial charge in [-0.2, -0.15) is 11.8 Å². The highest BCUT2D eigenvalue weighted by Crippen LogP contribution is 2.40. The molecule has 0 aromatic heterocycles. The van der Waals surface area contributed by atoms with Crippen LogP contribution < -0.4 is 5.32 Å². The minimum absolute atomic E-state index is 0.460. The van der Waals surface area contributed by atoms with Crippen molar-refractivity contribution in [1.82, 2.24) is 5.32 Å². The average Bonchev–Trinajstić information content (AvgIpc) is 2.94. The lowest BCUT2D eigenvalue weighted by atomic mass is 10.0. The zero-order valence-electron chi connectivity index (χ0n) is 12.6. The van der Waals surface area contributed by atoms with Crippen molar-refractivity contribution in [2.75, 3.05) is 12.8 Å². The summed E-state index contributed by atoms with van der Waals surface area (Å²) in [6.07, 6.45) is 10.2. The summed E-state index contributed by atoms with van der Waals surface area (Å²) in [7, 11) is 0. The van der Waals surface area contributed by atoms with Gasteiger partial charge in [-0.15, -0.1) is 0 Å². The first-order valence-corrected chi connectivity index (χ1v) is 9.33. The van der Waals surface area contributed by atoms with E-state index in [4.69, 9.17) is 11.6 Å². The van der Waals surface area contributed by atoms with Crippen LogP contribution in [0.5, 0.6) is 0 Å². The second kappa shape index (κ2) is 7.72. The monoisotopic (exact) mass is 311 g/mol. The van der Waals surface area contributed by atoms with Gasteiger partial charge in [0.05, 0.1) is 0 Å². The van der Waals surface area contributed by atoms with Gasteiger partial charge in [-0.25, -0.2) is 0 Å². The summed E-state index contributed by atoms with van der Waals surface area (Å²) in [5, 5.41) is 4.65. The SMILES string of the molecule is CCCC(NCC1(SC)CCCC1)c1ccc(Cl)cc1. The molecule has 1 fully saturated rings. The maximum atomic E-state index is 5.99. The summed E-state index contributed by atoms with van der Waals surface area (Å²) in [6.45, 7) is 3.38. The third kappa shape index (κ3) is 4.16. The van der Waals surface area contributed by atoms with E-state index in [1.54, 1.807) is 0 Å². The van der Waals surface area contributed by atoms with Crippen LogP contribution in [-0.4, -0.2) is 17.5 Å². The van der Waals surface area contributed by atoms with Crippen LogP contribution in [0, 0.1) is 0 Å². The van der Waals surface area contributed by atoms with E-state index in [0.717, 1.165) is 11.6 Å². The standard InChI is InChI=1S/C17H26ClNS/c1-3-6-16(14-7-9-15(18)10-8-14)19-13-17(20-2)11-4-5-12-17/h7-10,16,19H,3-6,11-13H2,1-2H3. The van der Waals surface area contributed by atoms with Crippen molar-refractivity contribution < 1.29 is 0 Å². The second-order valence-electron chi connectivity index (χ2n) is 5.87. The van der Waals surface area contributed by atoms with E-state index in [2.05, 4.69) is 42.4 Å². The molecule has 0 spiro atoms. The van der Waals surface area contributed by atoms with E-state index in [0.29, 0.717) is 10.8 Å². The van der Waals surface area contributed by atoms with Gasteiger partial charge in [-0.1, -0.05) is 49.9 Å². The minimum Gasteiger partial charge on any atom is -0.309 e. The number of hydrogen-bond acceptors (Lipinski definition) is 2. The van der Waals surface area contributed by atoms with Gasteiger partial charge in [0.1, 0.15) is 0 Å². The highest BCUT2D eigenvalue weighted by molar-refractivity contribution is 8.00. The van der Waals surface area contributed by atoms with Gasteiger partial charge in [0, 0.05) is 22.4 Å². The molecule has 112 valence electrons. The van der Waals surface area contributed by atoms with Gasteiger partial charge < -0.3 is 5.32 Å². The molecule has 20 heavy (non-hydrogen) atoms. The Kier molecular flexibility index (Phi) is 6.25. The molecule has 1 aliphatic rings. The van der Waals surface area contributed by atoms with Crippen LogP contribution in [-0.2, 0) is 0 Å². The van der Waals surface area contributed by atoms with E-state index < -0.39 is 0 Å². The van der Waals surface area contributed by atoms with Gasteiger partial charge in [0.25, 0.3) is 0 Å². The summed E-state index contributed by atoms with van der Waals surface area (Å²) in [4.78, 5) is 0. The molecule has 1 atom stereocenters. The lowest BCUT2D eigenvalue weighted by Crippen LogP contribution is -2.37. The first kappa shape index (κ1) is 16.2. The summed E-state index contributed by atoms with van der Waals surface area (Å²) in [5.41, 5.74) is 1.37. The molecular weight excluding hydrogens is 286 g/mol. The number of thioether (sulfide) groups is 1. The lowest BCUT2D eigenvalue weighted by molar-refractivity contribution is 0.445. The Balaban J connectivity index is 2.00. The molecule has 1 aliphatic carbocycles. The average molecular weight is 312 g/mol. The van der Waals surface area contributed by atoms with Gasteiger partial charge in [0.15, 0.2) is 0 Å². The normalized spacial score (nSPS) is 19.1. The molecule has 2 rings (SSSR count). The lowest BCUT2D eigenvalue weighted by Gasteiger charge is -2.30. The Morgan fingerprint density at radius 3 is 2.45 bits per heavy atom. The maximum absolute atomic E-state index is 5.99. The predicted molar refractivity (Wildman–Crippen MR) is 91.8 cm³/mol. The number of benzene rings is 1. The van der Waals surface area contributed by atoms with Crippen LogP contribution in [0.3, 0.4) is 0 Å². The van der Waals surface area contributed by atoms with Crippen molar-refractivity contribution in [3.8, 4) is 0 Å². The van der Waals surface area contributed by atoms with E-state index in [1.165, 1.54) is 44.1 Å². The molecule has 1 aromatic rings. The topological polar surface area (TPSA) is 12.0 Å². The highest BCUT2D eigenvalue weighted by Gasteiger charge is 2.33. The minimum atomic E-state index is 0.460. The van der Waals surface area contributed by atoms with E-state index >= 15 is 0 Å². The Morgan fingerprint density at radius 2 is 1.90 bits per heavy atom. The van der Waals surface area contributed by atoms with Gasteiger partial charge in [0.2, 0.25) is 0 Å². The molecule has 0 amide bonds. The number of hydrogen-bond donors (Lipinski definition) is 1. The van der Waals surface area contributed by atoms with Gasteiger partial charge in [-0.3, -0.25) is 0 Å². The quantitative estimate of drug-likeness (QED) is 0.719. The van der Waals surface area contributed by atoms with E-state index in [-0.39, 0.29) is 0 Å². The number of halogens is 1. The second-order valence-corrected chi connectivity index (χ2v) is 7.58. The summed E-state index contributed by atoms with van der Waals surface area (Å²) in [6, 6.07) is 8.79. The fourth-order valence-corrected chi connectivity index (χ4v) is 4.20. The van der Waals surface area contributed by atoms with Gasteiger partial charge in [-0.05, 0) is 43.2 Å². The molecule has 0 radical (unpaired) electrons. The van der Waals surface area contributed by atoms with Crippen molar-refractivity contribution in [2.24, 2.45) is 0 Å². The molecular formula is C17H26ClNS. The van der Waals surface area contributed by atoms with Crippen LogP contribution in [0.15, 0.2) is 24.3 Å². The Morgan fingerprint density at radius 1 is 1.25 bits per heavy atom. The Hall–Kier alpha value is -0.180. The van der Waals surface area contributed by atoms with Crippen molar-refractivity contribution >= 4 is 23.4 Å². The fourth-order valence-electron chi connectivity index (χ4n) is 3.15. The molecule has 1 nitrogen and oxygen atoms in total.